The summed E-state index contributed by atoms with van der Waals surface area (Å²) in [5.41, 5.74) is 0.812. The van der Waals surface area contributed by atoms with Crippen LogP contribution in [0.5, 0.6) is 0 Å². The van der Waals surface area contributed by atoms with Crippen LogP contribution in [-0.2, 0) is 11.2 Å². The van der Waals surface area contributed by atoms with Crippen LogP contribution < -0.4 is 0 Å². The Bertz CT molecular complexity index is 620. The average Bonchev–Trinajstić information content (AvgIpc) is 2.93. The molecule has 0 aliphatic rings. The minimum absolute atomic E-state index is 0.0207. The molecule has 2 aromatic heterocycles. The Hall–Kier alpha value is -1.79. The number of thiazole rings is 1. The van der Waals surface area contributed by atoms with Crippen LogP contribution in [0.1, 0.15) is 26.5 Å². The number of carbonyl (C=O) groups excluding carboxylic acids is 1. The summed E-state index contributed by atoms with van der Waals surface area (Å²) < 4.78 is 0. The number of hydrogen-bond acceptors (Lipinski definition) is 5. The van der Waals surface area contributed by atoms with Gasteiger partial charge < -0.3 is 10.0 Å². The first-order valence-electron chi connectivity index (χ1n) is 7.24. The van der Waals surface area contributed by atoms with Crippen LogP contribution in [-0.4, -0.2) is 44.6 Å². The predicted molar refractivity (Wildman–Crippen MR) is 87.6 cm³/mol. The van der Waals surface area contributed by atoms with E-state index in [0.717, 1.165) is 16.3 Å². The van der Waals surface area contributed by atoms with Crippen LogP contribution in [0.25, 0.3) is 10.6 Å². The van der Waals surface area contributed by atoms with Gasteiger partial charge in [0.15, 0.2) is 0 Å². The van der Waals surface area contributed by atoms with Crippen LogP contribution in [0.15, 0.2) is 29.9 Å². The molecule has 2 aromatic rings. The lowest BCUT2D eigenvalue weighted by molar-refractivity contribution is -0.133. The van der Waals surface area contributed by atoms with E-state index in [9.17, 15) is 9.90 Å². The van der Waals surface area contributed by atoms with E-state index in [2.05, 4.69) is 9.97 Å². The number of nitrogens with zero attached hydrogens (tertiary/aromatic N) is 3. The van der Waals surface area contributed by atoms with E-state index in [1.165, 1.54) is 11.3 Å². The molecule has 22 heavy (non-hydrogen) atoms. The Labute approximate surface area is 134 Å². The maximum absolute atomic E-state index is 12.3. The van der Waals surface area contributed by atoms with Gasteiger partial charge in [-0.3, -0.25) is 9.78 Å². The van der Waals surface area contributed by atoms with Crippen LogP contribution >= 0.6 is 11.3 Å². The monoisotopic (exact) mass is 319 g/mol. The SMILES string of the molecule is CCN(CC(C)(C)O)C(=O)Cc1csc(-c2cccnc2)n1. The first kappa shape index (κ1) is 16.6. The standard InChI is InChI=1S/C16H21N3O2S/c1-4-19(11-16(2,3)21)14(20)8-13-10-22-15(18-13)12-6-5-7-17-9-12/h5-7,9-10,21H,4,8,11H2,1-3H3. The molecule has 118 valence electrons. The van der Waals surface area contributed by atoms with Crippen molar-refractivity contribution in [1.82, 2.24) is 14.9 Å². The molecule has 6 heteroatoms. The number of pyridine rings is 1. The lowest BCUT2D eigenvalue weighted by Crippen LogP contribution is -2.42. The fourth-order valence-electron chi connectivity index (χ4n) is 2.12. The van der Waals surface area contributed by atoms with E-state index < -0.39 is 5.60 Å². The van der Waals surface area contributed by atoms with Crippen molar-refractivity contribution in [3.63, 3.8) is 0 Å². The summed E-state index contributed by atoms with van der Waals surface area (Å²) in [6, 6.07) is 3.81. The van der Waals surface area contributed by atoms with E-state index in [4.69, 9.17) is 0 Å². The molecule has 0 aliphatic carbocycles. The molecule has 2 heterocycles. The van der Waals surface area contributed by atoms with Gasteiger partial charge in [-0.05, 0) is 32.9 Å². The van der Waals surface area contributed by atoms with Crippen molar-refractivity contribution in [2.24, 2.45) is 0 Å². The maximum Gasteiger partial charge on any atom is 0.228 e. The summed E-state index contributed by atoms with van der Waals surface area (Å²) >= 11 is 1.51. The van der Waals surface area contributed by atoms with Crippen LogP contribution in [0.4, 0.5) is 0 Å². The van der Waals surface area contributed by atoms with E-state index >= 15 is 0 Å². The zero-order chi connectivity index (χ0) is 16.2. The minimum Gasteiger partial charge on any atom is -0.389 e. The second-order valence-corrected chi connectivity index (χ2v) is 6.64. The topological polar surface area (TPSA) is 66.3 Å². The molecule has 0 radical (unpaired) electrons. The summed E-state index contributed by atoms with van der Waals surface area (Å²) in [4.78, 5) is 22.6. The summed E-state index contributed by atoms with van der Waals surface area (Å²) in [7, 11) is 0. The van der Waals surface area contributed by atoms with Crippen LogP contribution in [0.3, 0.4) is 0 Å². The second-order valence-electron chi connectivity index (χ2n) is 5.78. The zero-order valence-corrected chi connectivity index (χ0v) is 13.9. The Morgan fingerprint density at radius 2 is 2.23 bits per heavy atom. The van der Waals surface area contributed by atoms with Gasteiger partial charge in [-0.25, -0.2) is 4.98 Å². The molecule has 0 aliphatic heterocycles. The molecule has 0 unspecified atom stereocenters. The largest absolute Gasteiger partial charge is 0.389 e. The number of likely N-dealkylation sites (N-methyl/N-ethyl adjacent to an activating group) is 1. The fraction of sp³-hybridized carbons (Fsp3) is 0.438. The van der Waals surface area contributed by atoms with Crippen molar-refractivity contribution in [2.45, 2.75) is 32.8 Å². The van der Waals surface area contributed by atoms with Crippen molar-refractivity contribution in [3.8, 4) is 10.6 Å². The normalized spacial score (nSPS) is 11.5. The third kappa shape index (κ3) is 4.61. The summed E-state index contributed by atoms with van der Waals surface area (Å²) in [6.45, 7) is 6.20. The number of aliphatic hydroxyl groups is 1. The molecule has 0 spiro atoms. The van der Waals surface area contributed by atoms with Crippen LogP contribution in [0, 0.1) is 0 Å². The molecule has 1 amide bonds. The minimum atomic E-state index is -0.894. The third-order valence-corrected chi connectivity index (χ3v) is 4.04. The molecule has 0 atom stereocenters. The highest BCUT2D eigenvalue weighted by Gasteiger charge is 2.22. The Kier molecular flexibility index (Phi) is 5.26. The van der Waals surface area contributed by atoms with E-state index in [0.29, 0.717) is 13.1 Å². The first-order valence-corrected chi connectivity index (χ1v) is 8.12. The molecule has 0 aromatic carbocycles. The average molecular weight is 319 g/mol. The number of rotatable bonds is 6. The van der Waals surface area contributed by atoms with Crippen molar-refractivity contribution < 1.29 is 9.90 Å². The van der Waals surface area contributed by atoms with Gasteiger partial charge in [0.05, 0.1) is 17.7 Å². The smallest absolute Gasteiger partial charge is 0.228 e. The van der Waals surface area contributed by atoms with Gasteiger partial charge in [0.25, 0.3) is 0 Å². The lowest BCUT2D eigenvalue weighted by atomic mass is 10.1. The zero-order valence-electron chi connectivity index (χ0n) is 13.1. The van der Waals surface area contributed by atoms with Crippen molar-refractivity contribution in [2.75, 3.05) is 13.1 Å². The number of aromatic nitrogens is 2. The van der Waals surface area contributed by atoms with Crippen molar-refractivity contribution in [1.29, 1.82) is 0 Å². The van der Waals surface area contributed by atoms with Gasteiger partial charge in [0.2, 0.25) is 5.91 Å². The van der Waals surface area contributed by atoms with Gasteiger partial charge in [-0.15, -0.1) is 11.3 Å². The van der Waals surface area contributed by atoms with Crippen molar-refractivity contribution in [3.05, 3.63) is 35.6 Å². The molecule has 5 nitrogen and oxygen atoms in total. The predicted octanol–water partition coefficient (Wildman–Crippen LogP) is 2.37. The highest BCUT2D eigenvalue weighted by atomic mass is 32.1. The number of amides is 1. The third-order valence-electron chi connectivity index (χ3n) is 3.10. The quantitative estimate of drug-likeness (QED) is 0.887. The highest BCUT2D eigenvalue weighted by molar-refractivity contribution is 7.13. The molecule has 2 rings (SSSR count). The van der Waals surface area contributed by atoms with Gasteiger partial charge in [0, 0.05) is 36.4 Å². The number of hydrogen-bond donors (Lipinski definition) is 1. The van der Waals surface area contributed by atoms with Gasteiger partial charge in [0.1, 0.15) is 5.01 Å². The van der Waals surface area contributed by atoms with Gasteiger partial charge >= 0.3 is 0 Å². The Balaban J connectivity index is 2.04. The molecular formula is C16H21N3O2S. The molecule has 0 fully saturated rings. The van der Waals surface area contributed by atoms with Gasteiger partial charge in [-0.2, -0.15) is 0 Å². The Morgan fingerprint density at radius 1 is 1.45 bits per heavy atom. The molecule has 0 saturated heterocycles. The lowest BCUT2D eigenvalue weighted by Gasteiger charge is -2.28. The van der Waals surface area contributed by atoms with E-state index in [-0.39, 0.29) is 12.3 Å². The molecule has 0 bridgehead atoms. The van der Waals surface area contributed by atoms with E-state index in [1.807, 2.05) is 24.4 Å². The fourth-order valence-corrected chi connectivity index (χ4v) is 2.93. The molecular weight excluding hydrogens is 298 g/mol. The maximum atomic E-state index is 12.3. The number of carbonyl (C=O) groups is 1. The summed E-state index contributed by atoms with van der Waals surface area (Å²) in [5, 5.41) is 12.6. The highest BCUT2D eigenvalue weighted by Crippen LogP contribution is 2.23. The van der Waals surface area contributed by atoms with Crippen LogP contribution in [0.2, 0.25) is 0 Å². The summed E-state index contributed by atoms with van der Waals surface area (Å²) in [6.07, 6.45) is 3.73. The molecule has 0 saturated carbocycles. The Morgan fingerprint density at radius 3 is 2.82 bits per heavy atom. The van der Waals surface area contributed by atoms with Gasteiger partial charge in [-0.1, -0.05) is 0 Å². The first-order chi connectivity index (χ1) is 10.4. The second kappa shape index (κ2) is 6.98. The van der Waals surface area contributed by atoms with Crippen molar-refractivity contribution >= 4 is 17.2 Å². The molecule has 1 N–H and O–H groups in total. The summed E-state index contributed by atoms with van der Waals surface area (Å²) in [5.74, 6) is -0.0207. The van der Waals surface area contributed by atoms with E-state index in [1.54, 1.807) is 31.1 Å².